The molecule has 1 aromatic rings. The highest BCUT2D eigenvalue weighted by Gasteiger charge is 2.29. The molecule has 2 rings (SSSR count). The summed E-state index contributed by atoms with van der Waals surface area (Å²) in [6, 6.07) is 5.96. The van der Waals surface area contributed by atoms with Crippen LogP contribution in [0.2, 0.25) is 0 Å². The number of aryl methyl sites for hydroxylation is 1. The first-order valence-corrected chi connectivity index (χ1v) is 8.64. The summed E-state index contributed by atoms with van der Waals surface area (Å²) in [5.41, 5.74) is 2.29. The molecule has 1 unspecified atom stereocenters. The Hall–Kier alpha value is -0.830. The van der Waals surface area contributed by atoms with Crippen LogP contribution in [0.15, 0.2) is 22.7 Å². The number of carbonyl (C=O) groups is 1. The number of nitrogens with zero attached hydrogens (tertiary/aromatic N) is 1. The smallest absolute Gasteiger partial charge is 0.254 e. The normalized spacial score (nSPS) is 20.2. The Morgan fingerprint density at radius 1 is 1.24 bits per heavy atom. The molecular weight excluding hydrogens is 326 g/mol. The van der Waals surface area contributed by atoms with E-state index in [0.717, 1.165) is 36.0 Å². The van der Waals surface area contributed by atoms with E-state index in [0.29, 0.717) is 11.3 Å². The third-order valence-corrected chi connectivity index (χ3v) is 5.25. The van der Waals surface area contributed by atoms with Crippen LogP contribution in [0, 0.1) is 18.3 Å². The van der Waals surface area contributed by atoms with Gasteiger partial charge in [0.25, 0.3) is 5.91 Å². The summed E-state index contributed by atoms with van der Waals surface area (Å²) in [6.07, 6.45) is 3.44. The second kappa shape index (κ2) is 6.51. The molecule has 1 atom stereocenters. The van der Waals surface area contributed by atoms with Gasteiger partial charge in [0, 0.05) is 17.6 Å². The molecule has 3 heteroatoms. The molecule has 1 saturated heterocycles. The largest absolute Gasteiger partial charge is 0.339 e. The Bertz CT molecular complexity index is 518. The van der Waals surface area contributed by atoms with Gasteiger partial charge in [-0.1, -0.05) is 26.8 Å². The number of hydrogen-bond donors (Lipinski definition) is 0. The maximum Gasteiger partial charge on any atom is 0.254 e. The summed E-state index contributed by atoms with van der Waals surface area (Å²) in [6.45, 7) is 10.7. The first-order valence-electron chi connectivity index (χ1n) is 7.84. The molecule has 0 saturated carbocycles. The van der Waals surface area contributed by atoms with Gasteiger partial charge in [-0.3, -0.25) is 4.79 Å². The van der Waals surface area contributed by atoms with E-state index in [-0.39, 0.29) is 5.91 Å². The van der Waals surface area contributed by atoms with Crippen molar-refractivity contribution in [2.45, 2.75) is 47.0 Å². The van der Waals surface area contributed by atoms with Crippen LogP contribution in [0.3, 0.4) is 0 Å². The van der Waals surface area contributed by atoms with Gasteiger partial charge in [-0.2, -0.15) is 0 Å². The van der Waals surface area contributed by atoms with Crippen LogP contribution < -0.4 is 0 Å². The molecule has 0 aliphatic carbocycles. The molecule has 0 spiro atoms. The van der Waals surface area contributed by atoms with Crippen molar-refractivity contribution in [2.24, 2.45) is 11.3 Å². The third-order valence-electron chi connectivity index (χ3n) is 4.60. The predicted octanol–water partition coefficient (Wildman–Crippen LogP) is 5.05. The highest BCUT2D eigenvalue weighted by molar-refractivity contribution is 9.10. The molecule has 1 aromatic carbocycles. The van der Waals surface area contributed by atoms with Crippen LogP contribution in [0.4, 0.5) is 0 Å². The summed E-state index contributed by atoms with van der Waals surface area (Å²) in [7, 11) is 0. The fraction of sp³-hybridized carbons (Fsp3) is 0.611. The summed E-state index contributed by atoms with van der Waals surface area (Å²) in [5.74, 6) is 0.869. The van der Waals surface area contributed by atoms with E-state index in [1.54, 1.807) is 0 Å². The summed E-state index contributed by atoms with van der Waals surface area (Å²) >= 11 is 3.53. The maximum atomic E-state index is 12.7. The highest BCUT2D eigenvalue weighted by atomic mass is 79.9. The zero-order valence-electron chi connectivity index (χ0n) is 13.6. The SMILES string of the molecule is Cc1ccc(C(=O)N2CCCC(C(C)(C)C)CC2)c(Br)c1. The van der Waals surface area contributed by atoms with Crippen molar-refractivity contribution < 1.29 is 4.79 Å². The minimum Gasteiger partial charge on any atom is -0.339 e. The van der Waals surface area contributed by atoms with Gasteiger partial charge >= 0.3 is 0 Å². The zero-order chi connectivity index (χ0) is 15.6. The minimum absolute atomic E-state index is 0.163. The molecule has 21 heavy (non-hydrogen) atoms. The number of carbonyl (C=O) groups excluding carboxylic acids is 1. The first kappa shape index (κ1) is 16.5. The van der Waals surface area contributed by atoms with E-state index in [4.69, 9.17) is 0 Å². The van der Waals surface area contributed by atoms with Gasteiger partial charge in [0.15, 0.2) is 0 Å². The van der Waals surface area contributed by atoms with Crippen LogP contribution in [-0.2, 0) is 0 Å². The van der Waals surface area contributed by atoms with Gasteiger partial charge in [-0.05, 0) is 71.1 Å². The molecule has 1 aliphatic rings. The Balaban J connectivity index is 2.10. The summed E-state index contributed by atoms with van der Waals surface area (Å²) in [4.78, 5) is 14.8. The van der Waals surface area contributed by atoms with Crippen LogP contribution in [0.5, 0.6) is 0 Å². The van der Waals surface area contributed by atoms with E-state index in [2.05, 4.69) is 36.7 Å². The number of rotatable bonds is 1. The van der Waals surface area contributed by atoms with Crippen LogP contribution in [0.1, 0.15) is 56.0 Å². The number of likely N-dealkylation sites (tertiary alicyclic amines) is 1. The molecule has 0 radical (unpaired) electrons. The fourth-order valence-corrected chi connectivity index (χ4v) is 3.79. The van der Waals surface area contributed by atoms with Crippen molar-refractivity contribution in [3.05, 3.63) is 33.8 Å². The zero-order valence-corrected chi connectivity index (χ0v) is 15.2. The molecule has 0 aromatic heterocycles. The third kappa shape index (κ3) is 4.09. The molecule has 0 bridgehead atoms. The monoisotopic (exact) mass is 351 g/mol. The molecular formula is C18H26BrNO. The molecule has 0 N–H and O–H groups in total. The minimum atomic E-state index is 0.163. The lowest BCUT2D eigenvalue weighted by Crippen LogP contribution is -2.32. The Labute approximate surface area is 137 Å². The molecule has 1 fully saturated rings. The highest BCUT2D eigenvalue weighted by Crippen LogP contribution is 2.34. The topological polar surface area (TPSA) is 20.3 Å². The number of halogens is 1. The second-order valence-corrected chi connectivity index (χ2v) is 8.12. The van der Waals surface area contributed by atoms with E-state index in [1.165, 1.54) is 12.0 Å². The van der Waals surface area contributed by atoms with Gasteiger partial charge in [0.2, 0.25) is 0 Å². The lowest BCUT2D eigenvalue weighted by Gasteiger charge is -2.29. The summed E-state index contributed by atoms with van der Waals surface area (Å²) < 4.78 is 0.907. The molecule has 1 amide bonds. The van der Waals surface area contributed by atoms with Crippen molar-refractivity contribution in [1.82, 2.24) is 4.90 Å². The van der Waals surface area contributed by atoms with Gasteiger partial charge in [-0.15, -0.1) is 0 Å². The molecule has 1 aliphatic heterocycles. The van der Waals surface area contributed by atoms with Crippen molar-refractivity contribution in [1.29, 1.82) is 0 Å². The van der Waals surface area contributed by atoms with Crippen molar-refractivity contribution in [2.75, 3.05) is 13.1 Å². The Kier molecular flexibility index (Phi) is 5.13. The van der Waals surface area contributed by atoms with Crippen LogP contribution in [-0.4, -0.2) is 23.9 Å². The van der Waals surface area contributed by atoms with Crippen molar-refractivity contribution in [3.8, 4) is 0 Å². The van der Waals surface area contributed by atoms with Gasteiger partial charge in [0.05, 0.1) is 5.56 Å². The average Bonchev–Trinajstić information content (AvgIpc) is 2.63. The maximum absolute atomic E-state index is 12.7. The average molecular weight is 352 g/mol. The first-order chi connectivity index (χ1) is 9.79. The molecule has 2 nitrogen and oxygen atoms in total. The molecule has 1 heterocycles. The summed E-state index contributed by atoms with van der Waals surface area (Å²) in [5, 5.41) is 0. The predicted molar refractivity (Wildman–Crippen MR) is 91.6 cm³/mol. The quantitative estimate of drug-likeness (QED) is 0.693. The van der Waals surface area contributed by atoms with E-state index in [1.807, 2.05) is 30.0 Å². The van der Waals surface area contributed by atoms with Gasteiger partial charge < -0.3 is 4.90 Å². The lowest BCUT2D eigenvalue weighted by molar-refractivity contribution is 0.0754. The fourth-order valence-electron chi connectivity index (χ4n) is 3.13. The van der Waals surface area contributed by atoms with E-state index < -0.39 is 0 Å². The lowest BCUT2D eigenvalue weighted by atomic mass is 9.77. The van der Waals surface area contributed by atoms with Gasteiger partial charge in [-0.25, -0.2) is 0 Å². The van der Waals surface area contributed by atoms with Crippen LogP contribution in [0.25, 0.3) is 0 Å². The second-order valence-electron chi connectivity index (χ2n) is 7.27. The number of amides is 1. The molecule has 116 valence electrons. The number of hydrogen-bond acceptors (Lipinski definition) is 1. The van der Waals surface area contributed by atoms with Crippen molar-refractivity contribution in [3.63, 3.8) is 0 Å². The Morgan fingerprint density at radius 2 is 1.95 bits per heavy atom. The van der Waals surface area contributed by atoms with E-state index in [9.17, 15) is 4.79 Å². The van der Waals surface area contributed by atoms with Crippen molar-refractivity contribution >= 4 is 21.8 Å². The van der Waals surface area contributed by atoms with Crippen LogP contribution >= 0.6 is 15.9 Å². The van der Waals surface area contributed by atoms with Gasteiger partial charge in [0.1, 0.15) is 0 Å². The van der Waals surface area contributed by atoms with E-state index >= 15 is 0 Å². The number of benzene rings is 1. The Morgan fingerprint density at radius 3 is 2.57 bits per heavy atom. The standard InChI is InChI=1S/C18H26BrNO/c1-13-7-8-15(16(19)12-13)17(21)20-10-5-6-14(9-11-20)18(2,3)4/h7-8,12,14H,5-6,9-11H2,1-4H3.